The predicted octanol–water partition coefficient (Wildman–Crippen LogP) is 2.99. The molecule has 104 valence electrons. The lowest BCUT2D eigenvalue weighted by atomic mass is 10.1. The number of aryl methyl sites for hydroxylation is 1. The Balaban J connectivity index is 2.31. The van der Waals surface area contributed by atoms with Gasteiger partial charge >= 0.3 is 0 Å². The van der Waals surface area contributed by atoms with Crippen LogP contribution in [0.25, 0.3) is 26.8 Å². The van der Waals surface area contributed by atoms with Gasteiger partial charge in [0.2, 0.25) is 0 Å². The lowest BCUT2D eigenvalue weighted by Crippen LogP contribution is -2.18. The van der Waals surface area contributed by atoms with Gasteiger partial charge in [-0.3, -0.25) is 19.0 Å². The van der Waals surface area contributed by atoms with Crippen molar-refractivity contribution in [3.63, 3.8) is 0 Å². The average Bonchev–Trinajstić information content (AvgIpc) is 3.08. The van der Waals surface area contributed by atoms with Crippen LogP contribution >= 0.6 is 22.9 Å². The SMILES string of the molecule is Cn1cc2c(n1)c(=O)n(-c1cncs1)c1cc(Cl)ccc21. The highest BCUT2D eigenvalue weighted by Crippen LogP contribution is 2.27. The van der Waals surface area contributed by atoms with Gasteiger partial charge in [0, 0.05) is 29.0 Å². The molecule has 0 unspecified atom stereocenters. The minimum atomic E-state index is -0.162. The fourth-order valence-electron chi connectivity index (χ4n) is 2.51. The lowest BCUT2D eigenvalue weighted by Gasteiger charge is -2.08. The Bertz CT molecular complexity index is 1030. The van der Waals surface area contributed by atoms with Gasteiger partial charge in [0.05, 0.1) is 17.2 Å². The van der Waals surface area contributed by atoms with E-state index in [9.17, 15) is 4.79 Å². The number of hydrogen-bond donors (Lipinski definition) is 0. The van der Waals surface area contributed by atoms with Crippen molar-refractivity contribution in [3.05, 3.63) is 51.5 Å². The van der Waals surface area contributed by atoms with Crippen molar-refractivity contribution in [2.24, 2.45) is 7.05 Å². The third kappa shape index (κ3) is 1.80. The van der Waals surface area contributed by atoms with Gasteiger partial charge in [-0.15, -0.1) is 11.3 Å². The monoisotopic (exact) mass is 316 g/mol. The van der Waals surface area contributed by atoms with Crippen LogP contribution in [0.1, 0.15) is 0 Å². The third-order valence-electron chi connectivity index (χ3n) is 3.36. The van der Waals surface area contributed by atoms with Gasteiger partial charge in [0.25, 0.3) is 5.56 Å². The van der Waals surface area contributed by atoms with Crippen molar-refractivity contribution >= 4 is 44.7 Å². The summed E-state index contributed by atoms with van der Waals surface area (Å²) in [5.41, 5.74) is 2.74. The number of rotatable bonds is 1. The Morgan fingerprint density at radius 2 is 2.14 bits per heavy atom. The van der Waals surface area contributed by atoms with Crippen molar-refractivity contribution in [1.82, 2.24) is 19.3 Å². The molecule has 7 heteroatoms. The largest absolute Gasteiger partial charge is 0.284 e. The van der Waals surface area contributed by atoms with E-state index in [0.29, 0.717) is 10.5 Å². The molecule has 21 heavy (non-hydrogen) atoms. The van der Waals surface area contributed by atoms with Crippen LogP contribution in [0.3, 0.4) is 0 Å². The highest BCUT2D eigenvalue weighted by molar-refractivity contribution is 7.12. The summed E-state index contributed by atoms with van der Waals surface area (Å²) < 4.78 is 3.27. The zero-order valence-corrected chi connectivity index (χ0v) is 12.5. The zero-order valence-electron chi connectivity index (χ0n) is 10.9. The minimum absolute atomic E-state index is 0.162. The third-order valence-corrected chi connectivity index (χ3v) is 4.36. The van der Waals surface area contributed by atoms with Crippen molar-refractivity contribution in [3.8, 4) is 5.00 Å². The number of benzene rings is 1. The quantitative estimate of drug-likeness (QED) is 0.542. The van der Waals surface area contributed by atoms with Crippen molar-refractivity contribution in [2.75, 3.05) is 0 Å². The van der Waals surface area contributed by atoms with E-state index in [1.54, 1.807) is 34.1 Å². The maximum absolute atomic E-state index is 12.8. The summed E-state index contributed by atoms with van der Waals surface area (Å²) in [6.45, 7) is 0. The maximum Gasteiger partial charge on any atom is 0.284 e. The Morgan fingerprint density at radius 3 is 2.90 bits per heavy atom. The summed E-state index contributed by atoms with van der Waals surface area (Å²) in [4.78, 5) is 16.8. The van der Waals surface area contributed by atoms with E-state index in [4.69, 9.17) is 11.6 Å². The van der Waals surface area contributed by atoms with Crippen molar-refractivity contribution in [1.29, 1.82) is 0 Å². The van der Waals surface area contributed by atoms with Crippen molar-refractivity contribution in [2.45, 2.75) is 0 Å². The molecule has 0 saturated carbocycles. The second-order valence-electron chi connectivity index (χ2n) is 4.71. The first kappa shape index (κ1) is 12.6. The Morgan fingerprint density at radius 1 is 1.29 bits per heavy atom. The summed E-state index contributed by atoms with van der Waals surface area (Å²) in [5.74, 6) is 0. The number of fused-ring (bicyclic) bond motifs is 3. The van der Waals surface area contributed by atoms with Crippen LogP contribution < -0.4 is 5.56 Å². The van der Waals surface area contributed by atoms with Crippen LogP contribution in [0.15, 0.2) is 40.9 Å². The molecule has 0 amide bonds. The van der Waals surface area contributed by atoms with Crippen LogP contribution in [-0.4, -0.2) is 19.3 Å². The molecule has 0 aliphatic heterocycles. The summed E-state index contributed by atoms with van der Waals surface area (Å²) in [6, 6.07) is 5.53. The smallest absolute Gasteiger partial charge is 0.274 e. The minimum Gasteiger partial charge on any atom is -0.274 e. The van der Waals surface area contributed by atoms with Gasteiger partial charge in [-0.25, -0.2) is 0 Å². The van der Waals surface area contributed by atoms with Gasteiger partial charge in [-0.05, 0) is 12.1 Å². The van der Waals surface area contributed by atoms with Crippen LogP contribution in [0.4, 0.5) is 0 Å². The standard InChI is InChI=1S/C14H9ClN4OS/c1-18-6-10-9-3-2-8(15)4-11(9)19(12-5-16-7-21-12)14(20)13(10)17-18/h2-7H,1H3. The molecule has 1 aromatic carbocycles. The molecule has 0 saturated heterocycles. The van der Waals surface area contributed by atoms with Gasteiger partial charge in [-0.1, -0.05) is 17.7 Å². The van der Waals surface area contributed by atoms with E-state index in [-0.39, 0.29) is 5.56 Å². The number of hydrogen-bond acceptors (Lipinski definition) is 4. The molecule has 4 rings (SSSR count). The fourth-order valence-corrected chi connectivity index (χ4v) is 3.32. The highest BCUT2D eigenvalue weighted by Gasteiger charge is 2.15. The number of nitrogens with zero attached hydrogens (tertiary/aromatic N) is 4. The first-order valence-corrected chi connectivity index (χ1v) is 7.47. The molecule has 4 aromatic rings. The molecule has 0 spiro atoms. The summed E-state index contributed by atoms with van der Waals surface area (Å²) in [6.07, 6.45) is 3.52. The summed E-state index contributed by atoms with van der Waals surface area (Å²) in [5, 5.41) is 7.40. The molecule has 3 heterocycles. The van der Waals surface area contributed by atoms with Crippen LogP contribution in [0.2, 0.25) is 5.02 Å². The first-order valence-electron chi connectivity index (χ1n) is 6.21. The second-order valence-corrected chi connectivity index (χ2v) is 6.01. The van der Waals surface area contributed by atoms with Gasteiger partial charge in [0.1, 0.15) is 5.00 Å². The maximum atomic E-state index is 12.8. The predicted molar refractivity (Wildman–Crippen MR) is 84.5 cm³/mol. The van der Waals surface area contributed by atoms with Crippen LogP contribution in [0.5, 0.6) is 0 Å². The topological polar surface area (TPSA) is 52.7 Å². The number of halogens is 1. The fraction of sp³-hybridized carbons (Fsp3) is 0.0714. The van der Waals surface area contributed by atoms with Gasteiger partial charge in [-0.2, -0.15) is 5.10 Å². The Kier molecular flexibility index (Phi) is 2.63. The summed E-state index contributed by atoms with van der Waals surface area (Å²) >= 11 is 7.51. The molecule has 0 aliphatic rings. The number of thiazole rings is 1. The second kappa shape index (κ2) is 4.41. The molecular formula is C14H9ClN4OS. The van der Waals surface area contributed by atoms with E-state index in [0.717, 1.165) is 21.3 Å². The molecule has 0 N–H and O–H groups in total. The zero-order chi connectivity index (χ0) is 14.6. The van der Waals surface area contributed by atoms with Crippen molar-refractivity contribution < 1.29 is 0 Å². The van der Waals surface area contributed by atoms with Gasteiger partial charge < -0.3 is 0 Å². The number of aromatic nitrogens is 4. The highest BCUT2D eigenvalue weighted by atomic mass is 35.5. The molecular weight excluding hydrogens is 308 g/mol. The van der Waals surface area contributed by atoms with E-state index in [2.05, 4.69) is 10.1 Å². The summed E-state index contributed by atoms with van der Waals surface area (Å²) in [7, 11) is 1.80. The van der Waals surface area contributed by atoms with Crippen LogP contribution in [0, 0.1) is 0 Å². The van der Waals surface area contributed by atoms with E-state index >= 15 is 0 Å². The molecule has 0 fully saturated rings. The molecule has 0 aliphatic carbocycles. The van der Waals surface area contributed by atoms with E-state index < -0.39 is 0 Å². The van der Waals surface area contributed by atoms with E-state index in [1.165, 1.54) is 11.3 Å². The Labute approximate surface area is 128 Å². The molecule has 0 bridgehead atoms. The average molecular weight is 317 g/mol. The van der Waals surface area contributed by atoms with E-state index in [1.807, 2.05) is 18.3 Å². The normalized spacial score (nSPS) is 11.5. The first-order chi connectivity index (χ1) is 10.1. The van der Waals surface area contributed by atoms with Gasteiger partial charge in [0.15, 0.2) is 5.52 Å². The lowest BCUT2D eigenvalue weighted by molar-refractivity contribution is 0.777. The number of pyridine rings is 1. The molecule has 5 nitrogen and oxygen atoms in total. The molecule has 0 atom stereocenters. The molecule has 3 aromatic heterocycles. The van der Waals surface area contributed by atoms with Crippen LogP contribution in [-0.2, 0) is 7.05 Å². The molecule has 0 radical (unpaired) electrons. The Hall–Kier alpha value is -2.18.